The van der Waals surface area contributed by atoms with Crippen molar-refractivity contribution >= 4 is 11.9 Å². The Labute approximate surface area is 136 Å². The largest absolute Gasteiger partial charge is 0.493 e. The van der Waals surface area contributed by atoms with E-state index >= 15 is 0 Å². The molecule has 1 saturated carbocycles. The molecule has 0 aromatic heterocycles. The Balaban J connectivity index is 2.01. The number of rotatable bonds is 6. The first-order chi connectivity index (χ1) is 11.1. The third kappa shape index (κ3) is 4.15. The zero-order valence-corrected chi connectivity index (χ0v) is 13.8. The molecule has 1 aliphatic rings. The molecule has 6 heteroatoms. The number of ether oxygens (including phenoxy) is 3. The highest BCUT2D eigenvalue weighted by molar-refractivity contribution is 5.95. The Morgan fingerprint density at radius 1 is 1.17 bits per heavy atom. The van der Waals surface area contributed by atoms with E-state index in [0.29, 0.717) is 11.5 Å². The molecule has 0 bridgehead atoms. The molecular formula is C17H23NO5. The van der Waals surface area contributed by atoms with E-state index in [4.69, 9.17) is 14.2 Å². The Morgan fingerprint density at radius 3 is 2.48 bits per heavy atom. The first-order valence-corrected chi connectivity index (χ1v) is 7.79. The fourth-order valence-corrected chi connectivity index (χ4v) is 2.71. The average Bonchev–Trinajstić information content (AvgIpc) is 3.06. The lowest BCUT2D eigenvalue weighted by Gasteiger charge is -2.18. The standard InChI is InChI=1S/C17H23NO5/c1-11(16(19)18-12-7-4-5-8-12)23-17(20)13-9-6-10-14(21-2)15(13)22-3/h6,9-12H,4-5,7-8H2,1-3H3,(H,18,19)/t11-/m1/s1. The van der Waals surface area contributed by atoms with E-state index in [-0.39, 0.29) is 17.5 Å². The van der Waals surface area contributed by atoms with Gasteiger partial charge >= 0.3 is 5.97 Å². The molecule has 0 unspecified atom stereocenters. The van der Waals surface area contributed by atoms with E-state index in [1.54, 1.807) is 25.1 Å². The van der Waals surface area contributed by atoms with Crippen molar-refractivity contribution in [1.29, 1.82) is 0 Å². The summed E-state index contributed by atoms with van der Waals surface area (Å²) >= 11 is 0. The second-order valence-electron chi connectivity index (χ2n) is 5.58. The van der Waals surface area contributed by atoms with Gasteiger partial charge in [0.25, 0.3) is 5.91 Å². The predicted molar refractivity (Wildman–Crippen MR) is 84.8 cm³/mol. The molecule has 0 heterocycles. The molecular weight excluding hydrogens is 298 g/mol. The third-order valence-electron chi connectivity index (χ3n) is 3.98. The van der Waals surface area contributed by atoms with Crippen molar-refractivity contribution in [2.75, 3.05) is 14.2 Å². The van der Waals surface area contributed by atoms with Gasteiger partial charge in [-0.1, -0.05) is 18.9 Å². The van der Waals surface area contributed by atoms with Gasteiger partial charge in [-0.2, -0.15) is 0 Å². The smallest absolute Gasteiger partial charge is 0.342 e. The summed E-state index contributed by atoms with van der Waals surface area (Å²) in [5.74, 6) is -0.157. The molecule has 1 amide bonds. The van der Waals surface area contributed by atoms with E-state index in [9.17, 15) is 9.59 Å². The molecule has 1 atom stereocenters. The number of carbonyl (C=O) groups excluding carboxylic acids is 2. The molecule has 1 N–H and O–H groups in total. The van der Waals surface area contributed by atoms with Gasteiger partial charge in [-0.25, -0.2) is 4.79 Å². The van der Waals surface area contributed by atoms with E-state index in [1.807, 2.05) is 0 Å². The van der Waals surface area contributed by atoms with Gasteiger partial charge in [-0.05, 0) is 31.9 Å². The van der Waals surface area contributed by atoms with Crippen LogP contribution in [0.4, 0.5) is 0 Å². The van der Waals surface area contributed by atoms with Gasteiger partial charge in [0, 0.05) is 6.04 Å². The van der Waals surface area contributed by atoms with E-state index in [1.165, 1.54) is 14.2 Å². The third-order valence-corrected chi connectivity index (χ3v) is 3.98. The van der Waals surface area contributed by atoms with Crippen molar-refractivity contribution in [1.82, 2.24) is 5.32 Å². The minimum Gasteiger partial charge on any atom is -0.493 e. The van der Waals surface area contributed by atoms with Crippen molar-refractivity contribution in [3.05, 3.63) is 23.8 Å². The molecule has 23 heavy (non-hydrogen) atoms. The summed E-state index contributed by atoms with van der Waals surface area (Å²) in [7, 11) is 2.94. The number of methoxy groups -OCH3 is 2. The Kier molecular flexibility index (Phi) is 5.84. The summed E-state index contributed by atoms with van der Waals surface area (Å²) in [5, 5.41) is 2.91. The van der Waals surface area contributed by atoms with Crippen molar-refractivity contribution in [2.24, 2.45) is 0 Å². The lowest BCUT2D eigenvalue weighted by molar-refractivity contribution is -0.129. The Bertz CT molecular complexity index is 566. The molecule has 0 aliphatic heterocycles. The van der Waals surface area contributed by atoms with Crippen LogP contribution in [-0.4, -0.2) is 38.2 Å². The minimum absolute atomic E-state index is 0.190. The average molecular weight is 321 g/mol. The van der Waals surface area contributed by atoms with Crippen LogP contribution in [0.15, 0.2) is 18.2 Å². The number of esters is 1. The highest BCUT2D eigenvalue weighted by Crippen LogP contribution is 2.31. The number of benzene rings is 1. The van der Waals surface area contributed by atoms with Crippen LogP contribution in [0.1, 0.15) is 43.0 Å². The number of nitrogens with one attached hydrogen (secondary N) is 1. The second-order valence-corrected chi connectivity index (χ2v) is 5.58. The molecule has 0 saturated heterocycles. The highest BCUT2D eigenvalue weighted by atomic mass is 16.6. The van der Waals surface area contributed by atoms with Crippen molar-refractivity contribution in [3.63, 3.8) is 0 Å². The van der Waals surface area contributed by atoms with E-state index in [2.05, 4.69) is 5.32 Å². The number of hydrogen-bond acceptors (Lipinski definition) is 5. The summed E-state index contributed by atoms with van der Waals surface area (Å²) in [6, 6.07) is 5.12. The lowest BCUT2D eigenvalue weighted by atomic mass is 10.2. The maximum atomic E-state index is 12.3. The molecule has 2 rings (SSSR count). The van der Waals surface area contributed by atoms with Gasteiger partial charge in [0.15, 0.2) is 17.6 Å². The summed E-state index contributed by atoms with van der Waals surface area (Å²) in [6.07, 6.45) is 3.35. The first-order valence-electron chi connectivity index (χ1n) is 7.79. The van der Waals surface area contributed by atoms with Crippen LogP contribution >= 0.6 is 0 Å². The first kappa shape index (κ1) is 17.1. The predicted octanol–water partition coefficient (Wildman–Crippen LogP) is 2.31. The Morgan fingerprint density at radius 2 is 1.87 bits per heavy atom. The van der Waals surface area contributed by atoms with Crippen LogP contribution in [0, 0.1) is 0 Å². The van der Waals surface area contributed by atoms with Crippen LogP contribution in [0.25, 0.3) is 0 Å². The SMILES string of the molecule is COc1cccc(C(=O)O[C@H](C)C(=O)NC2CCCC2)c1OC. The summed E-state index contributed by atoms with van der Waals surface area (Å²) in [5.41, 5.74) is 0.229. The zero-order valence-electron chi connectivity index (χ0n) is 13.8. The maximum Gasteiger partial charge on any atom is 0.342 e. The minimum atomic E-state index is -0.862. The second kappa shape index (κ2) is 7.85. The lowest BCUT2D eigenvalue weighted by Crippen LogP contribution is -2.40. The van der Waals surface area contributed by atoms with Gasteiger partial charge < -0.3 is 19.5 Å². The molecule has 6 nitrogen and oxygen atoms in total. The quantitative estimate of drug-likeness (QED) is 0.814. The maximum absolute atomic E-state index is 12.3. The van der Waals surface area contributed by atoms with Crippen molar-refractivity contribution < 1.29 is 23.8 Å². The van der Waals surface area contributed by atoms with Gasteiger partial charge in [0.1, 0.15) is 5.56 Å². The molecule has 0 spiro atoms. The van der Waals surface area contributed by atoms with Crippen LogP contribution < -0.4 is 14.8 Å². The van der Waals surface area contributed by atoms with Crippen molar-refractivity contribution in [2.45, 2.75) is 44.8 Å². The van der Waals surface area contributed by atoms with Crippen LogP contribution in [-0.2, 0) is 9.53 Å². The summed E-state index contributed by atoms with van der Waals surface area (Å²) in [6.45, 7) is 1.56. The van der Waals surface area contributed by atoms with Crippen LogP contribution in [0.2, 0.25) is 0 Å². The summed E-state index contributed by atoms with van der Waals surface area (Å²) < 4.78 is 15.6. The van der Waals surface area contributed by atoms with Gasteiger partial charge in [-0.3, -0.25) is 4.79 Å². The Hall–Kier alpha value is -2.24. The molecule has 1 aromatic rings. The molecule has 0 radical (unpaired) electrons. The van der Waals surface area contributed by atoms with Gasteiger partial charge in [0.05, 0.1) is 14.2 Å². The normalized spacial score (nSPS) is 15.8. The number of hydrogen-bond donors (Lipinski definition) is 1. The molecule has 126 valence electrons. The summed E-state index contributed by atoms with van der Waals surface area (Å²) in [4.78, 5) is 24.4. The fraction of sp³-hybridized carbons (Fsp3) is 0.529. The van der Waals surface area contributed by atoms with Gasteiger partial charge in [0.2, 0.25) is 0 Å². The molecule has 1 aliphatic carbocycles. The number of amides is 1. The van der Waals surface area contributed by atoms with E-state index < -0.39 is 12.1 Å². The topological polar surface area (TPSA) is 73.9 Å². The zero-order chi connectivity index (χ0) is 16.8. The number of para-hydroxylation sites is 1. The molecule has 1 fully saturated rings. The van der Waals surface area contributed by atoms with Crippen LogP contribution in [0.3, 0.4) is 0 Å². The monoisotopic (exact) mass is 321 g/mol. The van der Waals surface area contributed by atoms with Crippen molar-refractivity contribution in [3.8, 4) is 11.5 Å². The highest BCUT2D eigenvalue weighted by Gasteiger charge is 2.25. The fourth-order valence-electron chi connectivity index (χ4n) is 2.71. The number of carbonyl (C=O) groups is 2. The van der Waals surface area contributed by atoms with E-state index in [0.717, 1.165) is 25.7 Å². The van der Waals surface area contributed by atoms with Crippen LogP contribution in [0.5, 0.6) is 11.5 Å². The van der Waals surface area contributed by atoms with Gasteiger partial charge in [-0.15, -0.1) is 0 Å². The molecule has 1 aromatic carbocycles.